The number of halogens is 1. The first kappa shape index (κ1) is 8.25. The van der Waals surface area contributed by atoms with E-state index in [1.807, 2.05) is 0 Å². The topological polar surface area (TPSA) is 0 Å². The molecule has 0 aliphatic heterocycles. The maximum atomic E-state index is 5.68. The molecule has 0 radical (unpaired) electrons. The van der Waals surface area contributed by atoms with Gasteiger partial charge in [0.2, 0.25) is 0 Å². The zero-order valence-corrected chi connectivity index (χ0v) is 6.70. The van der Waals surface area contributed by atoms with Gasteiger partial charge in [0, 0.05) is 0 Å². The van der Waals surface area contributed by atoms with E-state index in [1.54, 1.807) is 0 Å². The van der Waals surface area contributed by atoms with Crippen LogP contribution in [0.25, 0.3) is 0 Å². The van der Waals surface area contributed by atoms with Gasteiger partial charge < -0.3 is 4.48 Å². The standard InChI is InChI=1S/C6H15ClN/c1-4-8(3,5-2)6-7/h4-6H2,1-3H3/q+1. The highest BCUT2D eigenvalue weighted by Gasteiger charge is 2.12. The molecule has 0 bridgehead atoms. The molecule has 50 valence electrons. The van der Waals surface area contributed by atoms with Crippen LogP contribution in [0.4, 0.5) is 0 Å². The van der Waals surface area contributed by atoms with E-state index in [1.165, 1.54) is 0 Å². The molecule has 0 aliphatic carbocycles. The van der Waals surface area contributed by atoms with Crippen molar-refractivity contribution in [3.63, 3.8) is 0 Å². The minimum absolute atomic E-state index is 0.729. The fraction of sp³-hybridized carbons (Fsp3) is 1.00. The summed E-state index contributed by atoms with van der Waals surface area (Å²) in [5.41, 5.74) is 0. The molecule has 0 fully saturated rings. The van der Waals surface area contributed by atoms with E-state index in [0.29, 0.717) is 0 Å². The van der Waals surface area contributed by atoms with Crippen LogP contribution in [0.3, 0.4) is 0 Å². The van der Waals surface area contributed by atoms with Crippen LogP contribution < -0.4 is 0 Å². The molecule has 1 nitrogen and oxygen atoms in total. The first-order valence-electron chi connectivity index (χ1n) is 3.08. The molecule has 2 heteroatoms. The van der Waals surface area contributed by atoms with Crippen molar-refractivity contribution < 1.29 is 4.48 Å². The summed E-state index contributed by atoms with van der Waals surface area (Å²) >= 11 is 5.68. The summed E-state index contributed by atoms with van der Waals surface area (Å²) in [5, 5.41) is 0. The minimum Gasteiger partial charge on any atom is -0.314 e. The van der Waals surface area contributed by atoms with Crippen molar-refractivity contribution in [2.45, 2.75) is 13.8 Å². The number of hydrogen-bond donors (Lipinski definition) is 0. The fourth-order valence-electron chi connectivity index (χ4n) is 0.393. The molecule has 0 saturated carbocycles. The van der Waals surface area contributed by atoms with E-state index in [4.69, 9.17) is 11.6 Å². The summed E-state index contributed by atoms with van der Waals surface area (Å²) in [7, 11) is 2.16. The predicted octanol–water partition coefficient (Wildman–Crippen LogP) is 1.67. The second-order valence-electron chi connectivity index (χ2n) is 2.37. The Morgan fingerprint density at radius 2 is 1.62 bits per heavy atom. The van der Waals surface area contributed by atoms with E-state index >= 15 is 0 Å². The summed E-state index contributed by atoms with van der Waals surface area (Å²) < 4.78 is 0.974. The Morgan fingerprint density at radius 3 is 1.62 bits per heavy atom. The Balaban J connectivity index is 3.58. The van der Waals surface area contributed by atoms with E-state index in [2.05, 4.69) is 20.9 Å². The molecule has 0 saturated heterocycles. The summed E-state index contributed by atoms with van der Waals surface area (Å²) in [6.45, 7) is 6.57. The lowest BCUT2D eigenvalue weighted by Gasteiger charge is -2.28. The first-order chi connectivity index (χ1) is 3.68. The van der Waals surface area contributed by atoms with Gasteiger partial charge in [-0.1, -0.05) is 11.6 Å². The monoisotopic (exact) mass is 136 g/mol. The van der Waals surface area contributed by atoms with Gasteiger partial charge in [-0.05, 0) is 13.8 Å². The lowest BCUT2D eigenvalue weighted by molar-refractivity contribution is -0.895. The van der Waals surface area contributed by atoms with Gasteiger partial charge >= 0.3 is 0 Å². The van der Waals surface area contributed by atoms with Gasteiger partial charge in [0.05, 0.1) is 20.1 Å². The molecule has 0 aromatic heterocycles. The first-order valence-corrected chi connectivity index (χ1v) is 3.61. The van der Waals surface area contributed by atoms with E-state index in [-0.39, 0.29) is 0 Å². The zero-order chi connectivity index (χ0) is 6.62. The van der Waals surface area contributed by atoms with Crippen molar-refractivity contribution in [1.82, 2.24) is 0 Å². The highest BCUT2D eigenvalue weighted by atomic mass is 35.5. The predicted molar refractivity (Wildman–Crippen MR) is 38.0 cm³/mol. The highest BCUT2D eigenvalue weighted by Crippen LogP contribution is 2.01. The zero-order valence-electron chi connectivity index (χ0n) is 5.95. The lowest BCUT2D eigenvalue weighted by Crippen LogP contribution is -2.42. The average Bonchev–Trinajstić information content (AvgIpc) is 1.87. The van der Waals surface area contributed by atoms with E-state index < -0.39 is 0 Å². The Hall–Kier alpha value is 0.250. The van der Waals surface area contributed by atoms with Crippen molar-refractivity contribution in [2.75, 3.05) is 26.1 Å². The number of alkyl halides is 1. The summed E-state index contributed by atoms with van der Waals surface area (Å²) in [6, 6.07) is 0.729. The smallest absolute Gasteiger partial charge is 0.154 e. The van der Waals surface area contributed by atoms with Gasteiger partial charge in [-0.3, -0.25) is 0 Å². The molecule has 0 aromatic rings. The van der Waals surface area contributed by atoms with Gasteiger partial charge in [0.1, 0.15) is 0 Å². The molecule has 8 heavy (non-hydrogen) atoms. The third-order valence-electron chi connectivity index (χ3n) is 1.82. The summed E-state index contributed by atoms with van der Waals surface area (Å²) in [6.07, 6.45) is 0. The number of nitrogens with zero attached hydrogens (tertiary/aromatic N) is 1. The third kappa shape index (κ3) is 2.01. The maximum Gasteiger partial charge on any atom is 0.154 e. The normalized spacial score (nSPS) is 12.0. The highest BCUT2D eigenvalue weighted by molar-refractivity contribution is 6.16. The summed E-state index contributed by atoms with van der Waals surface area (Å²) in [5.74, 6) is 0. The van der Waals surface area contributed by atoms with Crippen LogP contribution in [-0.4, -0.2) is 30.6 Å². The molecule has 0 N–H and O–H groups in total. The largest absolute Gasteiger partial charge is 0.314 e. The maximum absolute atomic E-state index is 5.68. The van der Waals surface area contributed by atoms with Crippen LogP contribution in [0.1, 0.15) is 13.8 Å². The van der Waals surface area contributed by atoms with Crippen LogP contribution in [0.15, 0.2) is 0 Å². The van der Waals surface area contributed by atoms with Crippen LogP contribution in [0, 0.1) is 0 Å². The van der Waals surface area contributed by atoms with Crippen molar-refractivity contribution in [2.24, 2.45) is 0 Å². The van der Waals surface area contributed by atoms with Crippen LogP contribution >= 0.6 is 11.6 Å². The van der Waals surface area contributed by atoms with Crippen LogP contribution in [0.2, 0.25) is 0 Å². The molecule has 0 amide bonds. The molecule has 0 atom stereocenters. The molecule has 0 spiro atoms. The molecular weight excluding hydrogens is 122 g/mol. The van der Waals surface area contributed by atoms with Crippen molar-refractivity contribution in [3.05, 3.63) is 0 Å². The number of quaternary nitrogens is 1. The minimum atomic E-state index is 0.729. The molecule has 0 unspecified atom stereocenters. The van der Waals surface area contributed by atoms with Crippen LogP contribution in [0.5, 0.6) is 0 Å². The Bertz CT molecular complexity index is 51.3. The molecule has 0 rings (SSSR count). The molecule has 0 aliphatic rings. The second-order valence-corrected chi connectivity index (χ2v) is 2.61. The quantitative estimate of drug-likeness (QED) is 0.315. The van der Waals surface area contributed by atoms with E-state index in [0.717, 1.165) is 23.6 Å². The van der Waals surface area contributed by atoms with Gasteiger partial charge in [0.15, 0.2) is 6.00 Å². The Labute approximate surface area is 56.8 Å². The molecular formula is C6H15ClN+. The molecule has 0 aromatic carbocycles. The number of hydrogen-bond acceptors (Lipinski definition) is 0. The van der Waals surface area contributed by atoms with Crippen molar-refractivity contribution in [3.8, 4) is 0 Å². The Morgan fingerprint density at radius 1 is 1.25 bits per heavy atom. The van der Waals surface area contributed by atoms with Gasteiger partial charge in [-0.25, -0.2) is 0 Å². The SMILES string of the molecule is CC[N+](C)(CC)CCl. The second kappa shape index (κ2) is 3.31. The van der Waals surface area contributed by atoms with Gasteiger partial charge in [0.25, 0.3) is 0 Å². The van der Waals surface area contributed by atoms with Crippen molar-refractivity contribution >= 4 is 11.6 Å². The number of rotatable bonds is 3. The van der Waals surface area contributed by atoms with E-state index in [9.17, 15) is 0 Å². The van der Waals surface area contributed by atoms with Gasteiger partial charge in [-0.2, -0.15) is 0 Å². The van der Waals surface area contributed by atoms with Gasteiger partial charge in [-0.15, -0.1) is 0 Å². The Kier molecular flexibility index (Phi) is 3.41. The lowest BCUT2D eigenvalue weighted by atomic mass is 10.5. The fourth-order valence-corrected chi connectivity index (χ4v) is 0.731. The van der Waals surface area contributed by atoms with Crippen LogP contribution in [-0.2, 0) is 0 Å². The molecule has 0 heterocycles. The average molecular weight is 137 g/mol. The third-order valence-corrected chi connectivity index (χ3v) is 2.39. The summed E-state index contributed by atoms with van der Waals surface area (Å²) in [4.78, 5) is 0. The van der Waals surface area contributed by atoms with Crippen molar-refractivity contribution in [1.29, 1.82) is 0 Å².